The second-order valence-electron chi connectivity index (χ2n) is 4.69. The molecule has 1 aliphatic rings. The molecule has 2 aromatic heterocycles. The molecule has 1 N–H and O–H groups in total. The van der Waals surface area contributed by atoms with E-state index in [2.05, 4.69) is 27.1 Å². The van der Waals surface area contributed by atoms with Gasteiger partial charge in [0, 0.05) is 26.0 Å². The van der Waals surface area contributed by atoms with Crippen LogP contribution in [0.2, 0.25) is 0 Å². The molecule has 1 atom stereocenters. The molecule has 3 heterocycles. The van der Waals surface area contributed by atoms with Crippen molar-refractivity contribution in [1.29, 1.82) is 0 Å². The molecule has 0 spiro atoms. The highest BCUT2D eigenvalue weighted by Gasteiger charge is 2.25. The summed E-state index contributed by atoms with van der Waals surface area (Å²) in [6.07, 6.45) is 6.75. The molecule has 0 radical (unpaired) electrons. The number of anilines is 2. The summed E-state index contributed by atoms with van der Waals surface area (Å²) < 4.78 is 7.57. The zero-order valence-electron chi connectivity index (χ0n) is 11.3. The average Bonchev–Trinajstić information content (AvgIpc) is 2.94. The predicted molar refractivity (Wildman–Crippen MR) is 74.8 cm³/mol. The predicted octanol–water partition coefficient (Wildman–Crippen LogP) is 1.39. The van der Waals surface area contributed by atoms with Crippen LogP contribution in [-0.2, 0) is 4.74 Å². The number of nitrogens with zero attached hydrogens (tertiary/aromatic N) is 4. The molecule has 0 saturated carbocycles. The van der Waals surface area contributed by atoms with Crippen molar-refractivity contribution >= 4 is 17.3 Å². The molecule has 1 saturated heterocycles. The van der Waals surface area contributed by atoms with Gasteiger partial charge in [0.1, 0.15) is 5.82 Å². The van der Waals surface area contributed by atoms with Gasteiger partial charge in [-0.05, 0) is 6.42 Å². The molecule has 19 heavy (non-hydrogen) atoms. The summed E-state index contributed by atoms with van der Waals surface area (Å²) in [6.45, 7) is 4.54. The number of morpholine rings is 1. The van der Waals surface area contributed by atoms with E-state index in [9.17, 15) is 0 Å². The van der Waals surface area contributed by atoms with E-state index in [4.69, 9.17) is 4.74 Å². The highest BCUT2D eigenvalue weighted by Crippen LogP contribution is 2.25. The molecule has 0 aromatic carbocycles. The Morgan fingerprint density at radius 1 is 1.53 bits per heavy atom. The Hall–Kier alpha value is -1.82. The Labute approximate surface area is 112 Å². The number of imidazole rings is 1. The number of ether oxygens (including phenoxy) is 1. The SMILES string of the molecule is CCC1COCCN1c1nc(NC)cn2ccnc12. The van der Waals surface area contributed by atoms with E-state index < -0.39 is 0 Å². The number of hydrogen-bond acceptors (Lipinski definition) is 5. The van der Waals surface area contributed by atoms with Crippen LogP contribution in [0.4, 0.5) is 11.6 Å². The summed E-state index contributed by atoms with van der Waals surface area (Å²) in [7, 11) is 1.88. The highest BCUT2D eigenvalue weighted by atomic mass is 16.5. The van der Waals surface area contributed by atoms with Gasteiger partial charge in [-0.2, -0.15) is 0 Å². The van der Waals surface area contributed by atoms with Crippen LogP contribution in [0.1, 0.15) is 13.3 Å². The minimum Gasteiger partial charge on any atom is -0.377 e. The third-order valence-electron chi connectivity index (χ3n) is 3.58. The van der Waals surface area contributed by atoms with E-state index in [0.717, 1.165) is 43.5 Å². The van der Waals surface area contributed by atoms with Crippen LogP contribution in [0, 0.1) is 0 Å². The maximum absolute atomic E-state index is 5.56. The lowest BCUT2D eigenvalue weighted by Gasteiger charge is -2.36. The Morgan fingerprint density at radius 3 is 3.21 bits per heavy atom. The van der Waals surface area contributed by atoms with Crippen molar-refractivity contribution in [3.05, 3.63) is 18.6 Å². The van der Waals surface area contributed by atoms with Gasteiger partial charge in [-0.1, -0.05) is 6.92 Å². The van der Waals surface area contributed by atoms with Crippen LogP contribution >= 0.6 is 0 Å². The minimum atomic E-state index is 0.369. The fourth-order valence-corrected chi connectivity index (χ4v) is 2.50. The number of nitrogens with one attached hydrogen (secondary N) is 1. The van der Waals surface area contributed by atoms with Gasteiger partial charge < -0.3 is 19.4 Å². The maximum atomic E-state index is 5.56. The molecule has 0 aliphatic carbocycles. The van der Waals surface area contributed by atoms with Crippen molar-refractivity contribution in [3.8, 4) is 0 Å². The zero-order chi connectivity index (χ0) is 13.2. The van der Waals surface area contributed by atoms with Crippen molar-refractivity contribution in [2.24, 2.45) is 0 Å². The first-order valence-electron chi connectivity index (χ1n) is 6.69. The van der Waals surface area contributed by atoms with Crippen LogP contribution in [0.25, 0.3) is 5.65 Å². The molecule has 0 amide bonds. The fourth-order valence-electron chi connectivity index (χ4n) is 2.50. The standard InChI is InChI=1S/C13H19N5O/c1-3-10-9-19-7-6-18(10)13-12-15-4-5-17(12)8-11(14-2)16-13/h4-5,8,10,14H,3,6-7,9H2,1-2H3. The van der Waals surface area contributed by atoms with Crippen LogP contribution < -0.4 is 10.2 Å². The summed E-state index contributed by atoms with van der Waals surface area (Å²) >= 11 is 0. The van der Waals surface area contributed by atoms with Gasteiger partial charge in [0.15, 0.2) is 11.5 Å². The second-order valence-corrected chi connectivity index (χ2v) is 4.69. The van der Waals surface area contributed by atoms with Crippen LogP contribution in [0.3, 0.4) is 0 Å². The first-order chi connectivity index (χ1) is 9.33. The van der Waals surface area contributed by atoms with E-state index in [1.54, 1.807) is 6.20 Å². The molecule has 1 aliphatic heterocycles. The monoisotopic (exact) mass is 261 g/mol. The summed E-state index contributed by atoms with van der Waals surface area (Å²) in [4.78, 5) is 11.4. The Balaban J connectivity index is 2.08. The first kappa shape index (κ1) is 12.2. The second kappa shape index (κ2) is 5.05. The Kier molecular flexibility index (Phi) is 3.25. The van der Waals surface area contributed by atoms with E-state index in [-0.39, 0.29) is 0 Å². The van der Waals surface area contributed by atoms with Crippen molar-refractivity contribution in [2.75, 3.05) is 37.0 Å². The fraction of sp³-hybridized carbons (Fsp3) is 0.538. The maximum Gasteiger partial charge on any atom is 0.180 e. The Morgan fingerprint density at radius 2 is 2.42 bits per heavy atom. The molecule has 1 unspecified atom stereocenters. The Bertz CT molecular complexity index is 567. The molecule has 6 heteroatoms. The smallest absolute Gasteiger partial charge is 0.180 e. The number of fused-ring (bicyclic) bond motifs is 1. The van der Waals surface area contributed by atoms with Crippen molar-refractivity contribution in [3.63, 3.8) is 0 Å². The molecule has 2 aromatic rings. The number of hydrogen-bond donors (Lipinski definition) is 1. The third kappa shape index (κ3) is 2.12. The summed E-state index contributed by atoms with van der Waals surface area (Å²) in [5.41, 5.74) is 0.902. The van der Waals surface area contributed by atoms with E-state index in [1.165, 1.54) is 0 Å². The van der Waals surface area contributed by atoms with E-state index >= 15 is 0 Å². The number of rotatable bonds is 3. The molecule has 102 valence electrons. The van der Waals surface area contributed by atoms with Gasteiger partial charge in [0.05, 0.1) is 25.5 Å². The summed E-state index contributed by atoms with van der Waals surface area (Å²) in [5.74, 6) is 1.79. The van der Waals surface area contributed by atoms with Crippen molar-refractivity contribution in [2.45, 2.75) is 19.4 Å². The van der Waals surface area contributed by atoms with Crippen LogP contribution in [0.15, 0.2) is 18.6 Å². The molecule has 0 bridgehead atoms. The normalized spacial score (nSPS) is 19.9. The molecule has 1 fully saturated rings. The summed E-state index contributed by atoms with van der Waals surface area (Å²) in [5, 5.41) is 3.10. The quantitative estimate of drug-likeness (QED) is 0.904. The lowest BCUT2D eigenvalue weighted by atomic mass is 10.2. The van der Waals surface area contributed by atoms with Crippen LogP contribution in [-0.4, -0.2) is 47.2 Å². The van der Waals surface area contributed by atoms with Gasteiger partial charge in [0.25, 0.3) is 0 Å². The molecular weight excluding hydrogens is 242 g/mol. The molecule has 6 nitrogen and oxygen atoms in total. The van der Waals surface area contributed by atoms with Gasteiger partial charge in [-0.25, -0.2) is 9.97 Å². The van der Waals surface area contributed by atoms with Crippen LogP contribution in [0.5, 0.6) is 0 Å². The first-order valence-corrected chi connectivity index (χ1v) is 6.69. The molecular formula is C13H19N5O. The van der Waals surface area contributed by atoms with Gasteiger partial charge in [-0.3, -0.25) is 0 Å². The van der Waals surface area contributed by atoms with Crippen molar-refractivity contribution < 1.29 is 4.74 Å². The zero-order valence-corrected chi connectivity index (χ0v) is 11.3. The lowest BCUT2D eigenvalue weighted by Crippen LogP contribution is -2.45. The largest absolute Gasteiger partial charge is 0.377 e. The third-order valence-corrected chi connectivity index (χ3v) is 3.58. The number of aromatic nitrogens is 3. The van der Waals surface area contributed by atoms with Gasteiger partial charge >= 0.3 is 0 Å². The minimum absolute atomic E-state index is 0.369. The summed E-state index contributed by atoms with van der Waals surface area (Å²) in [6, 6.07) is 0.369. The molecule has 3 rings (SSSR count). The average molecular weight is 261 g/mol. The highest BCUT2D eigenvalue weighted by molar-refractivity contribution is 5.67. The van der Waals surface area contributed by atoms with Gasteiger partial charge in [0.2, 0.25) is 0 Å². The van der Waals surface area contributed by atoms with Crippen molar-refractivity contribution in [1.82, 2.24) is 14.4 Å². The topological polar surface area (TPSA) is 54.7 Å². The van der Waals surface area contributed by atoms with Gasteiger partial charge in [-0.15, -0.1) is 0 Å². The van der Waals surface area contributed by atoms with E-state index in [1.807, 2.05) is 23.8 Å². The van der Waals surface area contributed by atoms with E-state index in [0.29, 0.717) is 6.04 Å². The lowest BCUT2D eigenvalue weighted by molar-refractivity contribution is 0.0927.